The molecule has 0 aliphatic carbocycles. The summed E-state index contributed by atoms with van der Waals surface area (Å²) < 4.78 is 1.71. The van der Waals surface area contributed by atoms with Crippen molar-refractivity contribution in [2.45, 2.75) is 51.4 Å². The fourth-order valence-electron chi connectivity index (χ4n) is 3.82. The maximum Gasteiger partial charge on any atom is 0.242 e. The van der Waals surface area contributed by atoms with Crippen LogP contribution in [-0.2, 0) is 24.9 Å². The van der Waals surface area contributed by atoms with Crippen molar-refractivity contribution in [2.24, 2.45) is 7.05 Å². The van der Waals surface area contributed by atoms with Crippen molar-refractivity contribution in [3.05, 3.63) is 53.3 Å². The molecular formula is C21H33Cl2N5O. The number of carbonyl (C=O) groups is 1. The molecule has 1 aliphatic rings. The number of likely N-dealkylation sites (N-methyl/N-ethyl adjacent to an activating group) is 1. The topological polar surface area (TPSA) is 62.2 Å². The van der Waals surface area contributed by atoms with Crippen molar-refractivity contribution in [1.82, 2.24) is 25.3 Å². The van der Waals surface area contributed by atoms with Crippen LogP contribution in [0.3, 0.4) is 0 Å². The lowest BCUT2D eigenvalue weighted by atomic mass is 10.0. The lowest BCUT2D eigenvalue weighted by Gasteiger charge is -2.33. The molecular weight excluding hydrogens is 409 g/mol. The SMILES string of the molecule is CNC(C(=O)NCc1ccccc1CN1CCCCC1C)c1cnn(C)c1.Cl.Cl. The van der Waals surface area contributed by atoms with Gasteiger partial charge < -0.3 is 10.6 Å². The molecule has 1 amide bonds. The number of likely N-dealkylation sites (tertiary alicyclic amines) is 1. The molecule has 0 radical (unpaired) electrons. The maximum atomic E-state index is 12.7. The summed E-state index contributed by atoms with van der Waals surface area (Å²) >= 11 is 0. The summed E-state index contributed by atoms with van der Waals surface area (Å²) in [5.74, 6) is -0.0355. The third-order valence-corrected chi connectivity index (χ3v) is 5.49. The highest BCUT2D eigenvalue weighted by Crippen LogP contribution is 2.21. The summed E-state index contributed by atoms with van der Waals surface area (Å²) in [5, 5.41) is 10.3. The van der Waals surface area contributed by atoms with E-state index in [1.165, 1.54) is 30.4 Å². The fraction of sp³-hybridized carbons (Fsp3) is 0.524. The highest BCUT2D eigenvalue weighted by molar-refractivity contribution is 5.85. The zero-order valence-electron chi connectivity index (χ0n) is 17.4. The summed E-state index contributed by atoms with van der Waals surface area (Å²) in [6, 6.07) is 8.65. The second kappa shape index (κ2) is 12.2. The zero-order chi connectivity index (χ0) is 19.2. The van der Waals surface area contributed by atoms with Gasteiger partial charge in [0.1, 0.15) is 6.04 Å². The van der Waals surface area contributed by atoms with Crippen LogP contribution >= 0.6 is 24.8 Å². The third kappa shape index (κ3) is 6.71. The van der Waals surface area contributed by atoms with E-state index < -0.39 is 6.04 Å². The van der Waals surface area contributed by atoms with E-state index in [0.717, 1.165) is 18.7 Å². The monoisotopic (exact) mass is 441 g/mol. The number of piperidine rings is 1. The van der Waals surface area contributed by atoms with E-state index in [1.54, 1.807) is 17.9 Å². The van der Waals surface area contributed by atoms with Crippen molar-refractivity contribution in [3.63, 3.8) is 0 Å². The van der Waals surface area contributed by atoms with Crippen LogP contribution in [0.1, 0.15) is 48.9 Å². The molecule has 1 saturated heterocycles. The molecule has 2 atom stereocenters. The van der Waals surface area contributed by atoms with E-state index in [2.05, 4.69) is 45.8 Å². The van der Waals surface area contributed by atoms with Crippen LogP contribution in [0.15, 0.2) is 36.7 Å². The molecule has 29 heavy (non-hydrogen) atoms. The van der Waals surface area contributed by atoms with E-state index in [9.17, 15) is 4.79 Å². The van der Waals surface area contributed by atoms with Gasteiger partial charge in [-0.1, -0.05) is 30.7 Å². The number of carbonyl (C=O) groups excluding carboxylic acids is 1. The zero-order valence-corrected chi connectivity index (χ0v) is 19.1. The predicted molar refractivity (Wildman–Crippen MR) is 122 cm³/mol. The molecule has 1 aromatic heterocycles. The van der Waals surface area contributed by atoms with Crippen molar-refractivity contribution in [3.8, 4) is 0 Å². The van der Waals surface area contributed by atoms with Crippen LogP contribution in [0.25, 0.3) is 0 Å². The summed E-state index contributed by atoms with van der Waals surface area (Å²) in [6.07, 6.45) is 7.47. The Hall–Kier alpha value is -1.60. The molecule has 0 spiro atoms. The first-order valence-electron chi connectivity index (χ1n) is 9.83. The standard InChI is InChI=1S/C21H31N5O.2ClH/c1-16-8-6-7-11-26(16)15-18-10-5-4-9-17(18)12-23-21(27)20(22-2)19-13-24-25(3)14-19;;/h4-5,9-10,13-14,16,20,22H,6-8,11-12,15H2,1-3H3,(H,23,27);2*1H. The molecule has 0 bridgehead atoms. The van der Waals surface area contributed by atoms with E-state index in [0.29, 0.717) is 12.6 Å². The minimum Gasteiger partial charge on any atom is -0.350 e. The van der Waals surface area contributed by atoms with E-state index >= 15 is 0 Å². The van der Waals surface area contributed by atoms with Gasteiger partial charge in [0.2, 0.25) is 5.91 Å². The second-order valence-electron chi connectivity index (χ2n) is 7.47. The van der Waals surface area contributed by atoms with Gasteiger partial charge in [-0.25, -0.2) is 0 Å². The van der Waals surface area contributed by atoms with Crippen molar-refractivity contribution < 1.29 is 4.79 Å². The molecule has 162 valence electrons. The van der Waals surface area contributed by atoms with Crippen molar-refractivity contribution in [2.75, 3.05) is 13.6 Å². The predicted octanol–water partition coefficient (Wildman–Crippen LogP) is 3.22. The van der Waals surface area contributed by atoms with Crippen LogP contribution in [0, 0.1) is 0 Å². The summed E-state index contributed by atoms with van der Waals surface area (Å²) in [5.41, 5.74) is 3.35. The van der Waals surface area contributed by atoms with Gasteiger partial charge in [0, 0.05) is 37.9 Å². The Morgan fingerprint density at radius 3 is 2.59 bits per heavy atom. The summed E-state index contributed by atoms with van der Waals surface area (Å²) in [6.45, 7) is 4.96. The number of hydrogen-bond acceptors (Lipinski definition) is 4. The van der Waals surface area contributed by atoms with E-state index in [4.69, 9.17) is 0 Å². The fourth-order valence-corrected chi connectivity index (χ4v) is 3.82. The quantitative estimate of drug-likeness (QED) is 0.692. The van der Waals surface area contributed by atoms with E-state index in [1.807, 2.05) is 19.3 Å². The smallest absolute Gasteiger partial charge is 0.242 e. The van der Waals surface area contributed by atoms with Crippen molar-refractivity contribution in [1.29, 1.82) is 0 Å². The Bertz CT molecular complexity index is 767. The summed E-state index contributed by atoms with van der Waals surface area (Å²) in [7, 11) is 3.65. The molecule has 0 saturated carbocycles. The first kappa shape index (κ1) is 25.4. The Morgan fingerprint density at radius 1 is 1.24 bits per heavy atom. The van der Waals surface area contributed by atoms with Crippen LogP contribution in [0.2, 0.25) is 0 Å². The molecule has 1 aliphatic heterocycles. The van der Waals surface area contributed by atoms with Gasteiger partial charge >= 0.3 is 0 Å². The number of aryl methyl sites for hydroxylation is 1. The van der Waals surface area contributed by atoms with E-state index in [-0.39, 0.29) is 30.7 Å². The van der Waals surface area contributed by atoms with Crippen LogP contribution < -0.4 is 10.6 Å². The molecule has 6 nitrogen and oxygen atoms in total. The molecule has 2 N–H and O–H groups in total. The first-order chi connectivity index (χ1) is 13.1. The number of rotatable bonds is 7. The van der Waals surface area contributed by atoms with Crippen LogP contribution in [-0.4, -0.2) is 40.2 Å². The van der Waals surface area contributed by atoms with Gasteiger partial charge in [0.05, 0.1) is 6.20 Å². The number of nitrogens with zero attached hydrogens (tertiary/aromatic N) is 3. The van der Waals surface area contributed by atoms with Crippen LogP contribution in [0.5, 0.6) is 0 Å². The number of benzene rings is 1. The van der Waals surface area contributed by atoms with Crippen LogP contribution in [0.4, 0.5) is 0 Å². The number of halogens is 2. The third-order valence-electron chi connectivity index (χ3n) is 5.49. The summed E-state index contributed by atoms with van der Waals surface area (Å²) in [4.78, 5) is 15.2. The maximum absolute atomic E-state index is 12.7. The minimum absolute atomic E-state index is 0. The van der Waals surface area contributed by atoms with Gasteiger partial charge in [-0.05, 0) is 44.5 Å². The highest BCUT2D eigenvalue weighted by Gasteiger charge is 2.21. The number of aromatic nitrogens is 2. The van der Waals surface area contributed by atoms with Gasteiger partial charge in [0.15, 0.2) is 0 Å². The highest BCUT2D eigenvalue weighted by atomic mass is 35.5. The average Bonchev–Trinajstić information content (AvgIpc) is 3.09. The Morgan fingerprint density at radius 2 is 1.97 bits per heavy atom. The Labute approximate surface area is 186 Å². The molecule has 3 rings (SSSR count). The molecule has 1 aromatic carbocycles. The Balaban J connectivity index is 0.00000210. The van der Waals surface area contributed by atoms with Gasteiger partial charge in [-0.2, -0.15) is 5.10 Å². The van der Waals surface area contributed by atoms with Crippen molar-refractivity contribution >= 4 is 30.7 Å². The lowest BCUT2D eigenvalue weighted by molar-refractivity contribution is -0.123. The number of nitrogens with one attached hydrogen (secondary N) is 2. The number of amides is 1. The average molecular weight is 442 g/mol. The minimum atomic E-state index is -0.395. The second-order valence-corrected chi connectivity index (χ2v) is 7.47. The molecule has 2 aromatic rings. The normalized spacial score (nSPS) is 17.7. The lowest BCUT2D eigenvalue weighted by Crippen LogP contribution is -2.38. The molecule has 1 fully saturated rings. The van der Waals surface area contributed by atoms with Gasteiger partial charge in [0.25, 0.3) is 0 Å². The first-order valence-corrected chi connectivity index (χ1v) is 9.83. The Kier molecular flexibility index (Phi) is 10.7. The molecule has 2 heterocycles. The molecule has 2 unspecified atom stereocenters. The molecule has 8 heteroatoms. The van der Waals surface area contributed by atoms with Gasteiger partial charge in [-0.3, -0.25) is 14.4 Å². The largest absolute Gasteiger partial charge is 0.350 e. The number of hydrogen-bond donors (Lipinski definition) is 2. The van der Waals surface area contributed by atoms with Gasteiger partial charge in [-0.15, -0.1) is 24.8 Å².